The average Bonchev–Trinajstić information content (AvgIpc) is 2.56. The Hall–Kier alpha value is -1.91. The first-order chi connectivity index (χ1) is 10.4. The van der Waals surface area contributed by atoms with Crippen molar-refractivity contribution in [1.29, 1.82) is 0 Å². The maximum atomic E-state index is 4.30. The monoisotopic (exact) mass is 295 g/mol. The van der Waals surface area contributed by atoms with E-state index in [0.717, 1.165) is 10.8 Å². The molecule has 1 aromatic heterocycles. The fraction of sp³-hybridized carbons (Fsp3) is 0.176. The summed E-state index contributed by atoms with van der Waals surface area (Å²) >= 11 is 1.72. The zero-order valence-corrected chi connectivity index (χ0v) is 12.7. The molecular weight excluding hydrogens is 278 g/mol. The third-order valence-electron chi connectivity index (χ3n) is 3.46. The number of aromatic nitrogens is 2. The summed E-state index contributed by atoms with van der Waals surface area (Å²) in [4.78, 5) is 8.40. The molecule has 0 bridgehead atoms. The molecule has 4 heteroatoms. The van der Waals surface area contributed by atoms with Gasteiger partial charge in [-0.1, -0.05) is 36.4 Å². The predicted molar refractivity (Wildman–Crippen MR) is 88.5 cm³/mol. The first-order valence-corrected chi connectivity index (χ1v) is 7.90. The lowest BCUT2D eigenvalue weighted by atomic mass is 10.0. The van der Waals surface area contributed by atoms with Crippen molar-refractivity contribution in [2.75, 3.05) is 12.8 Å². The molecule has 0 aliphatic rings. The third-order valence-corrected chi connectivity index (χ3v) is 4.47. The van der Waals surface area contributed by atoms with Crippen molar-refractivity contribution in [1.82, 2.24) is 15.3 Å². The van der Waals surface area contributed by atoms with Gasteiger partial charge in [-0.3, -0.25) is 4.98 Å². The third kappa shape index (κ3) is 3.40. The van der Waals surface area contributed by atoms with Gasteiger partial charge >= 0.3 is 0 Å². The Kier molecular flexibility index (Phi) is 4.48. The Morgan fingerprint density at radius 1 is 1.10 bits per heavy atom. The molecule has 1 unspecified atom stereocenters. The molecule has 1 N–H and O–H groups in total. The molecule has 3 aromatic rings. The predicted octanol–water partition coefficient (Wildman–Crippen LogP) is 3.68. The molecule has 0 aliphatic heterocycles. The van der Waals surface area contributed by atoms with Crippen molar-refractivity contribution in [2.45, 2.75) is 11.1 Å². The van der Waals surface area contributed by atoms with Crippen LogP contribution in [0.2, 0.25) is 0 Å². The highest BCUT2D eigenvalue weighted by atomic mass is 32.2. The smallest absolute Gasteiger partial charge is 0.114 e. The van der Waals surface area contributed by atoms with Crippen LogP contribution in [-0.2, 0) is 0 Å². The highest BCUT2D eigenvalue weighted by molar-refractivity contribution is 7.99. The summed E-state index contributed by atoms with van der Waals surface area (Å²) in [5.41, 5.74) is 1.30. The van der Waals surface area contributed by atoms with Crippen LogP contribution in [0.4, 0.5) is 0 Å². The maximum absolute atomic E-state index is 4.30. The van der Waals surface area contributed by atoms with Crippen LogP contribution in [0.1, 0.15) is 11.6 Å². The van der Waals surface area contributed by atoms with Crippen LogP contribution in [0.5, 0.6) is 0 Å². The molecule has 0 aliphatic carbocycles. The number of hydrogen-bond donors (Lipinski definition) is 1. The SMILES string of the molecule is CNC(CSc1cnccn1)c1ccc2ccccc2c1. The lowest BCUT2D eigenvalue weighted by molar-refractivity contribution is 0.662. The van der Waals surface area contributed by atoms with Crippen molar-refractivity contribution in [3.63, 3.8) is 0 Å². The van der Waals surface area contributed by atoms with Crippen LogP contribution in [0, 0.1) is 0 Å². The maximum Gasteiger partial charge on any atom is 0.114 e. The molecule has 0 amide bonds. The summed E-state index contributed by atoms with van der Waals surface area (Å²) in [5, 5.41) is 6.89. The van der Waals surface area contributed by atoms with E-state index >= 15 is 0 Å². The van der Waals surface area contributed by atoms with E-state index in [1.807, 2.05) is 7.05 Å². The quantitative estimate of drug-likeness (QED) is 0.729. The van der Waals surface area contributed by atoms with Crippen LogP contribution in [0.3, 0.4) is 0 Å². The summed E-state index contributed by atoms with van der Waals surface area (Å²) in [7, 11) is 2.00. The van der Waals surface area contributed by atoms with Crippen molar-refractivity contribution in [2.24, 2.45) is 0 Å². The lowest BCUT2D eigenvalue weighted by Crippen LogP contribution is -2.18. The number of nitrogens with one attached hydrogen (secondary N) is 1. The van der Waals surface area contributed by atoms with Crippen LogP contribution in [-0.4, -0.2) is 22.8 Å². The number of rotatable bonds is 5. The molecule has 0 spiro atoms. The number of fused-ring (bicyclic) bond motifs is 1. The van der Waals surface area contributed by atoms with Gasteiger partial charge in [-0.25, -0.2) is 4.98 Å². The Morgan fingerprint density at radius 3 is 2.71 bits per heavy atom. The highest BCUT2D eigenvalue weighted by Gasteiger charge is 2.10. The Bertz CT molecular complexity index is 715. The van der Waals surface area contributed by atoms with E-state index in [2.05, 4.69) is 57.7 Å². The molecule has 1 atom stereocenters. The zero-order valence-electron chi connectivity index (χ0n) is 11.9. The van der Waals surface area contributed by atoms with E-state index in [9.17, 15) is 0 Å². The molecule has 21 heavy (non-hydrogen) atoms. The van der Waals surface area contributed by atoms with Crippen molar-refractivity contribution in [3.8, 4) is 0 Å². The van der Waals surface area contributed by atoms with Gasteiger partial charge in [0.25, 0.3) is 0 Å². The fourth-order valence-corrected chi connectivity index (χ4v) is 3.27. The Labute approximate surface area is 128 Å². The minimum Gasteiger partial charge on any atom is -0.312 e. The number of thioether (sulfide) groups is 1. The molecule has 0 saturated heterocycles. The first-order valence-electron chi connectivity index (χ1n) is 6.91. The second kappa shape index (κ2) is 6.70. The van der Waals surface area contributed by atoms with Gasteiger partial charge in [0.2, 0.25) is 0 Å². The largest absolute Gasteiger partial charge is 0.312 e. The van der Waals surface area contributed by atoms with E-state index in [1.54, 1.807) is 30.4 Å². The average molecular weight is 295 g/mol. The van der Waals surface area contributed by atoms with Crippen molar-refractivity contribution >= 4 is 22.5 Å². The minimum atomic E-state index is 0.293. The number of benzene rings is 2. The summed E-state index contributed by atoms with van der Waals surface area (Å²) < 4.78 is 0. The molecule has 3 rings (SSSR count). The van der Waals surface area contributed by atoms with Gasteiger partial charge in [0.1, 0.15) is 5.03 Å². The normalized spacial score (nSPS) is 12.4. The van der Waals surface area contributed by atoms with Gasteiger partial charge in [0.05, 0.1) is 6.20 Å². The summed E-state index contributed by atoms with van der Waals surface area (Å²) in [5.74, 6) is 0.924. The molecule has 0 saturated carbocycles. The topological polar surface area (TPSA) is 37.8 Å². The van der Waals surface area contributed by atoms with Gasteiger partial charge in [-0.15, -0.1) is 11.8 Å². The van der Waals surface area contributed by atoms with Crippen LogP contribution < -0.4 is 5.32 Å². The fourth-order valence-electron chi connectivity index (χ4n) is 2.30. The molecule has 0 fully saturated rings. The van der Waals surface area contributed by atoms with E-state index in [0.29, 0.717) is 6.04 Å². The molecule has 1 heterocycles. The van der Waals surface area contributed by atoms with E-state index in [-0.39, 0.29) is 0 Å². The van der Waals surface area contributed by atoms with Crippen LogP contribution in [0.15, 0.2) is 66.1 Å². The van der Waals surface area contributed by atoms with Crippen molar-refractivity contribution in [3.05, 3.63) is 66.6 Å². The van der Waals surface area contributed by atoms with E-state index in [1.165, 1.54) is 16.3 Å². The van der Waals surface area contributed by atoms with Gasteiger partial charge in [0, 0.05) is 24.2 Å². The van der Waals surface area contributed by atoms with Crippen molar-refractivity contribution < 1.29 is 0 Å². The Balaban J connectivity index is 1.78. The van der Waals surface area contributed by atoms with E-state index < -0.39 is 0 Å². The standard InChI is InChI=1S/C17H17N3S/c1-18-16(12-21-17-11-19-8-9-20-17)15-7-6-13-4-2-3-5-14(13)10-15/h2-11,16,18H,12H2,1H3. The van der Waals surface area contributed by atoms with Crippen LogP contribution in [0.25, 0.3) is 10.8 Å². The lowest BCUT2D eigenvalue weighted by Gasteiger charge is -2.16. The van der Waals surface area contributed by atoms with Gasteiger partial charge in [-0.2, -0.15) is 0 Å². The van der Waals surface area contributed by atoms with E-state index in [4.69, 9.17) is 0 Å². The highest BCUT2D eigenvalue weighted by Crippen LogP contribution is 2.25. The van der Waals surface area contributed by atoms with Gasteiger partial charge in [-0.05, 0) is 29.4 Å². The summed E-state index contributed by atoms with van der Waals surface area (Å²) in [6, 6.07) is 15.4. The molecular formula is C17H17N3S. The Morgan fingerprint density at radius 2 is 1.95 bits per heavy atom. The van der Waals surface area contributed by atoms with Gasteiger partial charge in [0.15, 0.2) is 0 Å². The molecule has 0 radical (unpaired) electrons. The summed E-state index contributed by atoms with van der Waals surface area (Å²) in [6.45, 7) is 0. The number of hydrogen-bond acceptors (Lipinski definition) is 4. The molecule has 3 nitrogen and oxygen atoms in total. The minimum absolute atomic E-state index is 0.293. The second-order valence-corrected chi connectivity index (χ2v) is 5.84. The molecule has 2 aromatic carbocycles. The van der Waals surface area contributed by atoms with Crippen LogP contribution >= 0.6 is 11.8 Å². The molecule has 106 valence electrons. The first kappa shape index (κ1) is 14.0. The number of nitrogens with zero attached hydrogens (tertiary/aromatic N) is 2. The second-order valence-electron chi connectivity index (χ2n) is 4.80. The summed E-state index contributed by atoms with van der Waals surface area (Å²) in [6.07, 6.45) is 5.23. The van der Waals surface area contributed by atoms with Gasteiger partial charge < -0.3 is 5.32 Å². The zero-order chi connectivity index (χ0) is 14.5.